The molecule has 3 aromatic rings. The van der Waals surface area contributed by atoms with E-state index in [-0.39, 0.29) is 52.4 Å². The average molecular weight is 1170 g/mol. The number of benzene rings is 1. The molecule has 0 saturated carbocycles. The van der Waals surface area contributed by atoms with Gasteiger partial charge in [-0.2, -0.15) is 0 Å². The van der Waals surface area contributed by atoms with Crippen LogP contribution in [0, 0.1) is 20.0 Å². The molecule has 1 atom stereocenters. The fourth-order valence-electron chi connectivity index (χ4n) is 6.84. The van der Waals surface area contributed by atoms with Crippen molar-refractivity contribution in [2.75, 3.05) is 37.4 Å². The topological polar surface area (TPSA) is 358 Å². The van der Waals surface area contributed by atoms with E-state index in [2.05, 4.69) is 34.6 Å². The maximum absolute atomic E-state index is 13.0. The maximum atomic E-state index is 13.0. The molecule has 0 bridgehead atoms. The Balaban J connectivity index is 0. The number of carboxylic acid groups (broad SMARTS) is 4. The number of aliphatic carboxylic acids is 4. The third kappa shape index (κ3) is 29.7. The second-order valence-electron chi connectivity index (χ2n) is 15.1. The number of carbonyl (C=O) groups excluding carboxylic acids is 3. The number of unbranched alkanes of at least 4 members (excludes halogenated alkanes) is 8. The van der Waals surface area contributed by atoms with Crippen LogP contribution in [0.25, 0.3) is 0 Å². The molecule has 3 rings (SSSR count). The largest absolute Gasteiger partial charge is 0 e. The molecular weight excluding hydrogens is 1110 g/mol. The number of Topliss-reactive ketones (excluding diaryl/α,β-unsaturated/α-hetero) is 1. The number of amides is 2. The number of ketones is 1. The Morgan fingerprint density at radius 1 is 0.600 bits per heavy atom. The SMILES string of the molecule is O=C(O)CN(CC(=O)O)C(=O)Cn1ccnc1CN(CCCCCCCCCCCC(=O)CCCc1ccc(NS(=O)[O-])cc1)Cc1nccn1CC(=O)N(CC(=O)O)CC(=O)O.[C-]#[O+].[C-]#[O+].[C-]#[O+].[Re]. The maximum Gasteiger partial charge on any atom is 0 e. The first-order chi connectivity index (χ1) is 33.1. The van der Waals surface area contributed by atoms with Crippen LogP contribution < -0.4 is 4.72 Å². The number of anilines is 1. The van der Waals surface area contributed by atoms with Gasteiger partial charge in [0.15, 0.2) is 0 Å². The fourth-order valence-corrected chi connectivity index (χ4v) is 7.17. The van der Waals surface area contributed by atoms with Crippen LogP contribution in [0.4, 0.5) is 5.69 Å². The third-order valence-corrected chi connectivity index (χ3v) is 10.4. The van der Waals surface area contributed by atoms with Crippen molar-refractivity contribution >= 4 is 58.4 Å². The fraction of sp³-hybridized carbons (Fsp3) is 0.500. The Bertz CT molecular complexity index is 2010. The number of nitrogens with zero attached hydrogens (tertiary/aromatic N) is 7. The summed E-state index contributed by atoms with van der Waals surface area (Å²) in [7, 11) is 0. The van der Waals surface area contributed by atoms with Crippen LogP contribution in [0.15, 0.2) is 49.1 Å². The standard InChI is InChI=1S/C41H58N8O13S.3CO.Re/c50-33(13-10-11-31-14-16-32(17-15-31)44-63(61)62)12-8-6-4-2-1-3-5-7-9-20-45(23-34-42-18-21-46(34)25-36(51)48(27-38(53)54)28-39(55)56)24-35-43-19-22-47(35)26-37(52)49(29-40(57)58)30-41(59)60;3*1-2;/h14-19,21-22,44H,1-13,20,23-30H2,(H,53,54)(H,55,56)(H,57,58)(H,59,60)(H,61,62);;;;/p-1. The monoisotopic (exact) mass is 1170 g/mol. The van der Waals surface area contributed by atoms with Gasteiger partial charge in [0.25, 0.3) is 0 Å². The molecule has 0 aliphatic rings. The Morgan fingerprint density at radius 2 is 0.971 bits per heavy atom. The molecule has 1 radical (unpaired) electrons. The summed E-state index contributed by atoms with van der Waals surface area (Å²) in [5.74, 6) is -5.82. The van der Waals surface area contributed by atoms with Crippen molar-refractivity contribution in [1.29, 1.82) is 0 Å². The van der Waals surface area contributed by atoms with Crippen LogP contribution in [-0.2, 0) is 112 Å². The minimum absolute atomic E-state index is 0. The molecule has 2 amide bonds. The molecular formula is C44H57N8O16ReS-. The van der Waals surface area contributed by atoms with Crippen molar-refractivity contribution in [3.8, 4) is 0 Å². The number of imidazole rings is 2. The number of nitrogens with one attached hydrogen (secondary N) is 1. The van der Waals surface area contributed by atoms with E-state index in [4.69, 9.17) is 14.0 Å². The van der Waals surface area contributed by atoms with E-state index in [1.54, 1.807) is 12.1 Å². The zero-order chi connectivity index (χ0) is 52.1. The number of carbonyl (C=O) groups is 7. The Labute approximate surface area is 421 Å². The van der Waals surface area contributed by atoms with Crippen LogP contribution >= 0.6 is 0 Å². The number of aromatic nitrogens is 4. The summed E-state index contributed by atoms with van der Waals surface area (Å²) in [6.07, 6.45) is 17.2. The summed E-state index contributed by atoms with van der Waals surface area (Å²) >= 11 is -2.37. The number of aryl methyl sites for hydroxylation is 1. The van der Waals surface area contributed by atoms with Gasteiger partial charge in [-0.3, -0.25) is 42.7 Å². The molecule has 2 aromatic heterocycles. The normalized spacial score (nSPS) is 10.5. The quantitative estimate of drug-likeness (QED) is 0.0248. The van der Waals surface area contributed by atoms with Crippen LogP contribution in [0.2, 0.25) is 0 Å². The Hall–Kier alpha value is -6.12. The number of carboxylic acids is 4. The molecule has 1 unspecified atom stereocenters. The van der Waals surface area contributed by atoms with Crippen LogP contribution in [-0.4, -0.2) is 137 Å². The van der Waals surface area contributed by atoms with Crippen molar-refractivity contribution in [3.05, 3.63) is 86.2 Å². The number of hydrogen-bond donors (Lipinski definition) is 5. The van der Waals surface area contributed by atoms with Gasteiger partial charge >= 0.3 is 57.8 Å². The molecule has 2 heterocycles. The van der Waals surface area contributed by atoms with Gasteiger partial charge in [0, 0.05) is 75.0 Å². The van der Waals surface area contributed by atoms with E-state index >= 15 is 0 Å². The minimum atomic E-state index is -2.37. The van der Waals surface area contributed by atoms with Crippen LogP contribution in [0.1, 0.15) is 94.3 Å². The van der Waals surface area contributed by atoms with E-state index in [0.29, 0.717) is 36.7 Å². The first kappa shape index (κ1) is 66.0. The molecule has 0 fully saturated rings. The van der Waals surface area contributed by atoms with E-state index in [0.717, 1.165) is 86.0 Å². The van der Waals surface area contributed by atoms with E-state index in [1.807, 2.05) is 17.0 Å². The number of hydrogen-bond acceptors (Lipinski definition) is 12. The summed E-state index contributed by atoms with van der Waals surface area (Å²) < 4.78 is 49.3. The van der Waals surface area contributed by atoms with Gasteiger partial charge in [0.2, 0.25) is 11.8 Å². The van der Waals surface area contributed by atoms with Gasteiger partial charge in [-0.1, -0.05) is 57.1 Å². The van der Waals surface area contributed by atoms with Crippen molar-refractivity contribution < 1.29 is 97.1 Å². The third-order valence-electron chi connectivity index (χ3n) is 9.96. The van der Waals surface area contributed by atoms with Gasteiger partial charge in [0.1, 0.15) is 56.7 Å². The number of rotatable bonds is 34. The van der Waals surface area contributed by atoms with Crippen molar-refractivity contribution in [2.45, 2.75) is 110 Å². The Morgan fingerprint density at radius 3 is 1.36 bits per heavy atom. The molecule has 0 saturated heterocycles. The summed E-state index contributed by atoms with van der Waals surface area (Å²) in [5, 5.41) is 36.8. The molecule has 26 heteroatoms. The summed E-state index contributed by atoms with van der Waals surface area (Å²) in [6, 6.07) is 7.08. The second-order valence-corrected chi connectivity index (χ2v) is 15.8. The van der Waals surface area contributed by atoms with Gasteiger partial charge in [-0.05, 0) is 49.9 Å². The molecule has 5 N–H and O–H groups in total. The van der Waals surface area contributed by atoms with Gasteiger partial charge in [-0.25, -0.2) is 9.97 Å². The molecule has 0 spiro atoms. The second kappa shape index (κ2) is 39.7. The van der Waals surface area contributed by atoms with Crippen molar-refractivity contribution in [2.24, 2.45) is 0 Å². The summed E-state index contributed by atoms with van der Waals surface area (Å²) in [4.78, 5) is 95.8. The molecule has 0 aliphatic carbocycles. The van der Waals surface area contributed by atoms with Crippen molar-refractivity contribution in [3.63, 3.8) is 0 Å². The van der Waals surface area contributed by atoms with Gasteiger partial charge < -0.3 is 48.6 Å². The first-order valence-corrected chi connectivity index (χ1v) is 22.4. The molecule has 24 nitrogen and oxygen atoms in total. The smallest absolute Gasteiger partial charge is 0 e. The molecule has 70 heavy (non-hydrogen) atoms. The zero-order valence-electron chi connectivity index (χ0n) is 38.3. The van der Waals surface area contributed by atoms with Crippen LogP contribution in [0.5, 0.6) is 0 Å². The summed E-state index contributed by atoms with van der Waals surface area (Å²) in [5.41, 5.74) is 1.53. The minimum Gasteiger partial charge on any atom is 0 e. The van der Waals surface area contributed by atoms with Crippen molar-refractivity contribution in [1.82, 2.24) is 33.8 Å². The van der Waals surface area contributed by atoms with Gasteiger partial charge in [-0.15, -0.1) is 0 Å². The van der Waals surface area contributed by atoms with E-state index in [1.165, 1.54) is 33.9 Å². The Kier molecular flexibility index (Phi) is 37.4. The average Bonchev–Trinajstić information content (AvgIpc) is 3.94. The first-order valence-electron chi connectivity index (χ1n) is 21.3. The molecule has 0 aliphatic heterocycles. The van der Waals surface area contributed by atoms with E-state index in [9.17, 15) is 62.7 Å². The molecule has 383 valence electrons. The van der Waals surface area contributed by atoms with Crippen LogP contribution in [0.3, 0.4) is 0 Å². The van der Waals surface area contributed by atoms with Gasteiger partial charge in [0.05, 0.1) is 13.1 Å². The predicted octanol–water partition coefficient (Wildman–Crippen LogP) is 2.66. The predicted molar refractivity (Wildman–Crippen MR) is 237 cm³/mol. The summed E-state index contributed by atoms with van der Waals surface area (Å²) in [6.45, 7) is 10.5. The molecule has 1 aromatic carbocycles. The zero-order valence-corrected chi connectivity index (χ0v) is 41.8. The van der Waals surface area contributed by atoms with E-state index < -0.39 is 73.1 Å².